The molecule has 1 aliphatic heterocycles. The number of rotatable bonds is 5. The van der Waals surface area contributed by atoms with Crippen molar-refractivity contribution in [3.05, 3.63) is 60.2 Å². The molecule has 0 saturated carbocycles. The summed E-state index contributed by atoms with van der Waals surface area (Å²) >= 11 is 0. The van der Waals surface area contributed by atoms with Gasteiger partial charge in [-0.15, -0.1) is 0 Å². The highest BCUT2D eigenvalue weighted by Gasteiger charge is 2.16. The van der Waals surface area contributed by atoms with Crippen LogP contribution in [-0.4, -0.2) is 48.8 Å². The molecule has 3 heteroatoms. The Bertz CT molecular complexity index is 587. The lowest BCUT2D eigenvalue weighted by atomic mass is 10.0. The Kier molecular flexibility index (Phi) is 4.99. The van der Waals surface area contributed by atoms with E-state index in [-0.39, 0.29) is 0 Å². The lowest BCUT2D eigenvalue weighted by molar-refractivity contribution is 0.139. The van der Waals surface area contributed by atoms with Crippen molar-refractivity contribution in [3.8, 4) is 11.1 Å². The first-order valence-electron chi connectivity index (χ1n) is 7.79. The van der Waals surface area contributed by atoms with Crippen LogP contribution < -0.4 is 0 Å². The number of hydrogen-bond donors (Lipinski definition) is 0. The van der Waals surface area contributed by atoms with Gasteiger partial charge in [-0.2, -0.15) is 0 Å². The van der Waals surface area contributed by atoms with Crippen LogP contribution in [0.15, 0.2) is 54.6 Å². The first-order chi connectivity index (χ1) is 10.8. The summed E-state index contributed by atoms with van der Waals surface area (Å²) in [5.41, 5.74) is 3.86. The standard InChI is InChI=1S/C19H21N2O/c22-15-14-20-10-12-21(13-11-20)16-17-6-8-19(9-7-17)18-4-2-1-3-5-18/h1-9H,10-14,16H2. The van der Waals surface area contributed by atoms with E-state index < -0.39 is 0 Å². The smallest absolute Gasteiger partial charge is 0.213 e. The van der Waals surface area contributed by atoms with Crippen molar-refractivity contribution >= 4 is 6.29 Å². The molecule has 0 aromatic heterocycles. The molecule has 2 aromatic rings. The summed E-state index contributed by atoms with van der Waals surface area (Å²) in [7, 11) is 0. The molecule has 3 nitrogen and oxygen atoms in total. The third kappa shape index (κ3) is 3.81. The van der Waals surface area contributed by atoms with Gasteiger partial charge in [-0.25, -0.2) is 0 Å². The summed E-state index contributed by atoms with van der Waals surface area (Å²) in [6, 6.07) is 19.3. The minimum atomic E-state index is 0.444. The summed E-state index contributed by atoms with van der Waals surface area (Å²) in [5.74, 6) is 0. The second-order valence-corrected chi connectivity index (χ2v) is 5.76. The van der Waals surface area contributed by atoms with Gasteiger partial charge in [0, 0.05) is 32.7 Å². The van der Waals surface area contributed by atoms with E-state index >= 15 is 0 Å². The zero-order chi connectivity index (χ0) is 15.2. The Balaban J connectivity index is 1.57. The van der Waals surface area contributed by atoms with E-state index in [1.165, 1.54) is 16.7 Å². The van der Waals surface area contributed by atoms with E-state index in [2.05, 4.69) is 58.3 Å². The maximum Gasteiger partial charge on any atom is 0.213 e. The predicted octanol–water partition coefficient (Wildman–Crippen LogP) is 2.58. The van der Waals surface area contributed by atoms with E-state index in [1.54, 1.807) is 0 Å². The molecule has 0 spiro atoms. The Morgan fingerprint density at radius 1 is 0.773 bits per heavy atom. The van der Waals surface area contributed by atoms with Crippen LogP contribution in [0.5, 0.6) is 0 Å². The van der Waals surface area contributed by atoms with Crippen molar-refractivity contribution in [2.45, 2.75) is 6.54 Å². The molecule has 113 valence electrons. The van der Waals surface area contributed by atoms with Crippen molar-refractivity contribution in [3.63, 3.8) is 0 Å². The first-order valence-corrected chi connectivity index (χ1v) is 7.79. The molecule has 0 atom stereocenters. The fraction of sp³-hybridized carbons (Fsp3) is 0.316. The number of carbonyl (C=O) groups excluding carboxylic acids is 1. The van der Waals surface area contributed by atoms with E-state index in [1.807, 2.05) is 12.4 Å². The van der Waals surface area contributed by atoms with Gasteiger partial charge < -0.3 is 0 Å². The van der Waals surface area contributed by atoms with Gasteiger partial charge in [-0.1, -0.05) is 54.6 Å². The Labute approximate surface area is 132 Å². The second kappa shape index (κ2) is 7.34. The zero-order valence-corrected chi connectivity index (χ0v) is 12.7. The van der Waals surface area contributed by atoms with Crippen LogP contribution in [0.25, 0.3) is 11.1 Å². The number of hydrogen-bond acceptors (Lipinski definition) is 3. The average Bonchev–Trinajstić information content (AvgIpc) is 2.58. The summed E-state index contributed by atoms with van der Waals surface area (Å²) in [4.78, 5) is 15.0. The van der Waals surface area contributed by atoms with Crippen molar-refractivity contribution in [1.29, 1.82) is 0 Å². The fourth-order valence-corrected chi connectivity index (χ4v) is 2.89. The average molecular weight is 293 g/mol. The lowest BCUT2D eigenvalue weighted by Gasteiger charge is -2.33. The highest BCUT2D eigenvalue weighted by Crippen LogP contribution is 2.20. The molecule has 0 unspecified atom stereocenters. The molecule has 0 N–H and O–H groups in total. The van der Waals surface area contributed by atoms with Gasteiger partial charge in [-0.05, 0) is 16.7 Å². The highest BCUT2D eigenvalue weighted by atomic mass is 16.1. The Hall–Kier alpha value is -1.97. The predicted molar refractivity (Wildman–Crippen MR) is 89.3 cm³/mol. The van der Waals surface area contributed by atoms with Crippen molar-refractivity contribution in [2.24, 2.45) is 0 Å². The molecule has 3 rings (SSSR count). The molecule has 0 aliphatic carbocycles. The van der Waals surface area contributed by atoms with Crippen LogP contribution >= 0.6 is 0 Å². The minimum absolute atomic E-state index is 0.444. The maximum absolute atomic E-state index is 10.4. The first kappa shape index (κ1) is 14.9. The van der Waals surface area contributed by atoms with E-state index in [4.69, 9.17) is 0 Å². The fourth-order valence-electron chi connectivity index (χ4n) is 2.89. The maximum atomic E-state index is 10.4. The van der Waals surface area contributed by atoms with E-state index in [9.17, 15) is 4.79 Å². The largest absolute Gasteiger partial charge is 0.297 e. The number of piperazine rings is 1. The Morgan fingerprint density at radius 2 is 1.36 bits per heavy atom. The summed E-state index contributed by atoms with van der Waals surface area (Å²) in [5, 5.41) is 0. The summed E-state index contributed by atoms with van der Waals surface area (Å²) < 4.78 is 0. The number of benzene rings is 2. The molecule has 2 aromatic carbocycles. The molecule has 0 bridgehead atoms. The van der Waals surface area contributed by atoms with Crippen molar-refractivity contribution in [1.82, 2.24) is 9.80 Å². The van der Waals surface area contributed by atoms with Crippen molar-refractivity contribution < 1.29 is 4.79 Å². The Morgan fingerprint density at radius 3 is 2.00 bits per heavy atom. The minimum Gasteiger partial charge on any atom is -0.297 e. The van der Waals surface area contributed by atoms with Crippen LogP contribution in [0.1, 0.15) is 5.56 Å². The van der Waals surface area contributed by atoms with Gasteiger partial charge >= 0.3 is 0 Å². The van der Waals surface area contributed by atoms with Crippen LogP contribution in [-0.2, 0) is 11.3 Å². The molecule has 1 radical (unpaired) electrons. The molecule has 1 saturated heterocycles. The molecule has 1 heterocycles. The van der Waals surface area contributed by atoms with Gasteiger partial charge in [0.25, 0.3) is 0 Å². The second-order valence-electron chi connectivity index (χ2n) is 5.76. The number of nitrogens with zero attached hydrogens (tertiary/aromatic N) is 2. The summed E-state index contributed by atoms with van der Waals surface area (Å²) in [6.07, 6.45) is 1.98. The van der Waals surface area contributed by atoms with Gasteiger partial charge in [0.15, 0.2) is 0 Å². The molecule has 1 aliphatic rings. The third-order valence-electron chi connectivity index (χ3n) is 4.22. The quantitative estimate of drug-likeness (QED) is 0.846. The zero-order valence-electron chi connectivity index (χ0n) is 12.7. The van der Waals surface area contributed by atoms with Gasteiger partial charge in [-0.3, -0.25) is 14.6 Å². The van der Waals surface area contributed by atoms with Crippen molar-refractivity contribution in [2.75, 3.05) is 32.7 Å². The lowest BCUT2D eigenvalue weighted by Crippen LogP contribution is -2.46. The SMILES string of the molecule is O=[C]CN1CCN(Cc2ccc(-c3ccccc3)cc2)CC1. The van der Waals surface area contributed by atoms with Crippen LogP contribution in [0, 0.1) is 0 Å². The van der Waals surface area contributed by atoms with Gasteiger partial charge in [0.1, 0.15) is 0 Å². The summed E-state index contributed by atoms with van der Waals surface area (Å²) in [6.45, 7) is 5.37. The van der Waals surface area contributed by atoms with Crippen LogP contribution in [0.3, 0.4) is 0 Å². The van der Waals surface area contributed by atoms with Crippen LogP contribution in [0.4, 0.5) is 0 Å². The highest BCUT2D eigenvalue weighted by molar-refractivity contribution is 5.63. The molecule has 0 amide bonds. The van der Waals surface area contributed by atoms with E-state index in [0.717, 1.165) is 32.7 Å². The van der Waals surface area contributed by atoms with E-state index in [0.29, 0.717) is 6.54 Å². The molecule has 22 heavy (non-hydrogen) atoms. The topological polar surface area (TPSA) is 23.6 Å². The van der Waals surface area contributed by atoms with Gasteiger partial charge in [0.05, 0.1) is 6.54 Å². The van der Waals surface area contributed by atoms with Crippen LogP contribution in [0.2, 0.25) is 0 Å². The van der Waals surface area contributed by atoms with Gasteiger partial charge in [0.2, 0.25) is 6.29 Å². The molecular weight excluding hydrogens is 272 g/mol. The normalized spacial score (nSPS) is 16.5. The third-order valence-corrected chi connectivity index (χ3v) is 4.22. The molecular formula is C19H21N2O. The monoisotopic (exact) mass is 293 g/mol. The molecule has 1 fully saturated rings.